The van der Waals surface area contributed by atoms with Crippen LogP contribution in [0.2, 0.25) is 5.02 Å². The van der Waals surface area contributed by atoms with Gasteiger partial charge in [0.25, 0.3) is 0 Å². The van der Waals surface area contributed by atoms with Crippen molar-refractivity contribution in [2.75, 3.05) is 0 Å². The monoisotopic (exact) mass is 332 g/mol. The van der Waals surface area contributed by atoms with E-state index in [4.69, 9.17) is 11.6 Å². The summed E-state index contributed by atoms with van der Waals surface area (Å²) in [4.78, 5) is 12.4. The number of hydrogen-bond donors (Lipinski definition) is 0. The topological polar surface area (TPSA) is 34.1 Å². The van der Waals surface area contributed by atoms with E-state index in [2.05, 4.69) is 0 Å². The fourth-order valence-corrected chi connectivity index (χ4v) is 5.21. The molecule has 0 aromatic heterocycles. The van der Waals surface area contributed by atoms with Crippen molar-refractivity contribution < 1.29 is 9.00 Å². The second-order valence-electron chi connectivity index (χ2n) is 5.66. The molecule has 2 nitrogen and oxygen atoms in total. The van der Waals surface area contributed by atoms with Crippen molar-refractivity contribution >= 4 is 28.2 Å². The largest absolute Gasteiger partial charge is 0.299 e. The zero-order chi connectivity index (χ0) is 15.7. The Bertz CT molecular complexity index is 697. The van der Waals surface area contributed by atoms with Crippen LogP contribution in [0.3, 0.4) is 0 Å². The maximum Gasteiger partial charge on any atom is 0.138 e. The summed E-state index contributed by atoms with van der Waals surface area (Å²) >= 11 is 5.92. The van der Waals surface area contributed by atoms with E-state index < -0.39 is 10.8 Å². The first kappa shape index (κ1) is 15.4. The van der Waals surface area contributed by atoms with Gasteiger partial charge >= 0.3 is 0 Å². The molecule has 0 N–H and O–H groups in total. The van der Waals surface area contributed by atoms with Gasteiger partial charge in [0.15, 0.2) is 0 Å². The molecule has 2 aromatic carbocycles. The van der Waals surface area contributed by atoms with E-state index in [0.29, 0.717) is 11.4 Å². The summed E-state index contributed by atoms with van der Waals surface area (Å²) in [5, 5.41) is 0.138. The van der Waals surface area contributed by atoms with Crippen LogP contribution >= 0.6 is 11.6 Å². The zero-order valence-corrected chi connectivity index (χ0v) is 13.8. The molecule has 1 heterocycles. The summed E-state index contributed by atoms with van der Waals surface area (Å²) in [6.07, 6.45) is 0.332. The van der Waals surface area contributed by atoms with Gasteiger partial charge in [0, 0.05) is 28.2 Å². The average molecular weight is 333 g/mol. The summed E-state index contributed by atoms with van der Waals surface area (Å²) in [7, 11) is -1.14. The molecule has 2 unspecified atom stereocenters. The number of Topliss-reactive ketones (excluding diaryl/α,β-unsaturated/α-hetero) is 1. The Kier molecular flexibility index (Phi) is 4.46. The van der Waals surface area contributed by atoms with Crippen molar-refractivity contribution in [3.8, 4) is 0 Å². The SMILES string of the molecule is C[C@@H]1C(=O)CC(c2ccc(Cl)cc2)S(=O)[C@H]1c1ccccc1. The molecule has 0 amide bonds. The molecule has 0 aliphatic carbocycles. The fourth-order valence-electron chi connectivity index (χ4n) is 2.99. The first-order valence-corrected chi connectivity index (χ1v) is 8.96. The van der Waals surface area contributed by atoms with Gasteiger partial charge in [-0.1, -0.05) is 61.0 Å². The van der Waals surface area contributed by atoms with Crippen LogP contribution in [0.5, 0.6) is 0 Å². The lowest BCUT2D eigenvalue weighted by molar-refractivity contribution is -0.122. The number of rotatable bonds is 2. The normalized spacial score (nSPS) is 28.5. The highest BCUT2D eigenvalue weighted by molar-refractivity contribution is 7.85. The molecule has 0 radical (unpaired) electrons. The van der Waals surface area contributed by atoms with Gasteiger partial charge in [-0.25, -0.2) is 0 Å². The Balaban J connectivity index is 1.99. The standard InChI is InChI=1S/C18H17ClO2S/c1-12-16(20)11-17(13-7-9-15(19)10-8-13)22(21)18(12)14-5-3-2-4-6-14/h2-10,12,17-18H,11H2,1H3/t12-,17?,18-,22?/m1/s1. The number of carbonyl (C=O) groups is 1. The van der Waals surface area contributed by atoms with Crippen LogP contribution in [-0.4, -0.2) is 9.99 Å². The molecule has 1 saturated heterocycles. The van der Waals surface area contributed by atoms with Crippen LogP contribution in [0.1, 0.15) is 35.0 Å². The predicted octanol–water partition coefficient (Wildman–Crippen LogP) is 4.48. The van der Waals surface area contributed by atoms with Gasteiger partial charge in [0.1, 0.15) is 5.78 Å². The van der Waals surface area contributed by atoms with Crippen molar-refractivity contribution in [2.24, 2.45) is 5.92 Å². The molecule has 1 fully saturated rings. The number of hydrogen-bond acceptors (Lipinski definition) is 2. The van der Waals surface area contributed by atoms with Gasteiger partial charge in [0.05, 0.1) is 10.5 Å². The number of carbonyl (C=O) groups excluding carboxylic acids is 1. The lowest BCUT2D eigenvalue weighted by Crippen LogP contribution is -2.33. The van der Waals surface area contributed by atoms with E-state index in [1.165, 1.54) is 0 Å². The molecule has 1 aliphatic rings. The minimum atomic E-state index is -1.14. The lowest BCUT2D eigenvalue weighted by atomic mass is 9.92. The predicted molar refractivity (Wildman–Crippen MR) is 90.3 cm³/mol. The van der Waals surface area contributed by atoms with Crippen LogP contribution in [0.15, 0.2) is 54.6 Å². The third-order valence-corrected chi connectivity index (χ3v) is 6.68. The van der Waals surface area contributed by atoms with Crippen molar-refractivity contribution in [1.82, 2.24) is 0 Å². The molecule has 22 heavy (non-hydrogen) atoms. The van der Waals surface area contributed by atoms with E-state index in [9.17, 15) is 9.00 Å². The van der Waals surface area contributed by atoms with E-state index in [0.717, 1.165) is 11.1 Å². The second-order valence-corrected chi connectivity index (χ2v) is 7.83. The Morgan fingerprint density at radius 2 is 1.64 bits per heavy atom. The molecule has 1 aliphatic heterocycles. The van der Waals surface area contributed by atoms with E-state index in [1.54, 1.807) is 12.1 Å². The Morgan fingerprint density at radius 1 is 1.00 bits per heavy atom. The number of halogens is 1. The van der Waals surface area contributed by atoms with Crippen LogP contribution < -0.4 is 0 Å². The number of benzene rings is 2. The molecule has 0 bridgehead atoms. The first-order chi connectivity index (χ1) is 10.6. The van der Waals surface area contributed by atoms with Crippen LogP contribution in [-0.2, 0) is 15.6 Å². The van der Waals surface area contributed by atoms with E-state index >= 15 is 0 Å². The molecule has 0 saturated carbocycles. The summed E-state index contributed by atoms with van der Waals surface area (Å²) in [6, 6.07) is 17.0. The average Bonchev–Trinajstić information content (AvgIpc) is 2.53. The first-order valence-electron chi connectivity index (χ1n) is 7.30. The molecule has 4 heteroatoms. The quantitative estimate of drug-likeness (QED) is 0.812. The highest BCUT2D eigenvalue weighted by atomic mass is 35.5. The van der Waals surface area contributed by atoms with Gasteiger partial charge < -0.3 is 0 Å². The van der Waals surface area contributed by atoms with Gasteiger partial charge in [-0.15, -0.1) is 0 Å². The minimum absolute atomic E-state index is 0.174. The highest BCUT2D eigenvalue weighted by Crippen LogP contribution is 2.43. The number of ketones is 1. The van der Waals surface area contributed by atoms with Crippen molar-refractivity contribution in [2.45, 2.75) is 23.8 Å². The van der Waals surface area contributed by atoms with Crippen LogP contribution in [0.4, 0.5) is 0 Å². The minimum Gasteiger partial charge on any atom is -0.299 e. The molecule has 3 rings (SSSR count). The van der Waals surface area contributed by atoms with E-state index in [-0.39, 0.29) is 22.2 Å². The Morgan fingerprint density at radius 3 is 2.27 bits per heavy atom. The van der Waals surface area contributed by atoms with Gasteiger partial charge in [-0.3, -0.25) is 9.00 Å². The van der Waals surface area contributed by atoms with Crippen molar-refractivity contribution in [3.63, 3.8) is 0 Å². The summed E-state index contributed by atoms with van der Waals surface area (Å²) in [5.74, 6) is -0.0415. The lowest BCUT2D eigenvalue weighted by Gasteiger charge is -2.33. The van der Waals surface area contributed by atoms with Crippen LogP contribution in [0.25, 0.3) is 0 Å². The molecule has 2 aromatic rings. The maximum atomic E-state index is 13.1. The molecule has 0 spiro atoms. The highest BCUT2D eigenvalue weighted by Gasteiger charge is 2.41. The van der Waals surface area contributed by atoms with Crippen LogP contribution in [0, 0.1) is 5.92 Å². The fraction of sp³-hybridized carbons (Fsp3) is 0.278. The molecular weight excluding hydrogens is 316 g/mol. The van der Waals surface area contributed by atoms with Gasteiger partial charge in [-0.2, -0.15) is 0 Å². The van der Waals surface area contributed by atoms with Crippen molar-refractivity contribution in [1.29, 1.82) is 0 Å². The summed E-state index contributed by atoms with van der Waals surface area (Å²) in [5.41, 5.74) is 1.89. The molecule has 114 valence electrons. The molecular formula is C18H17ClO2S. The van der Waals surface area contributed by atoms with Gasteiger partial charge in [-0.05, 0) is 23.3 Å². The Hall–Kier alpha value is -1.45. The third-order valence-electron chi connectivity index (χ3n) is 4.25. The maximum absolute atomic E-state index is 13.1. The van der Waals surface area contributed by atoms with Gasteiger partial charge in [0.2, 0.25) is 0 Å². The second kappa shape index (κ2) is 6.35. The smallest absolute Gasteiger partial charge is 0.138 e. The van der Waals surface area contributed by atoms with E-state index in [1.807, 2.05) is 49.4 Å². The third kappa shape index (κ3) is 2.88. The van der Waals surface area contributed by atoms with Crippen molar-refractivity contribution in [3.05, 3.63) is 70.7 Å². The molecule has 4 atom stereocenters. The zero-order valence-electron chi connectivity index (χ0n) is 12.2. The summed E-state index contributed by atoms with van der Waals surface area (Å²) < 4.78 is 13.1. The Labute approximate surface area is 138 Å². The summed E-state index contributed by atoms with van der Waals surface area (Å²) in [6.45, 7) is 1.88.